The van der Waals surface area contributed by atoms with E-state index in [9.17, 15) is 14.8 Å². The Morgan fingerprint density at radius 2 is 1.84 bits per heavy atom. The Balaban J connectivity index is 2.22. The summed E-state index contributed by atoms with van der Waals surface area (Å²) >= 11 is 0. The number of phenols is 1. The molecule has 0 amide bonds. The molecule has 1 N–H and O–H groups in total. The zero-order valence-corrected chi connectivity index (χ0v) is 9.95. The molecule has 2 aromatic carbocycles. The van der Waals surface area contributed by atoms with Crippen LogP contribution in [0.25, 0.3) is 0 Å². The average Bonchev–Trinajstić information content (AvgIpc) is 2.44. The van der Waals surface area contributed by atoms with Gasteiger partial charge in [-0.1, -0.05) is 35.5 Å². The number of nitroso groups, excluding NO2 is 1. The molecule has 2 rings (SSSR count). The van der Waals surface area contributed by atoms with Gasteiger partial charge in [0.2, 0.25) is 0 Å². The second kappa shape index (κ2) is 5.77. The Kier molecular flexibility index (Phi) is 3.87. The van der Waals surface area contributed by atoms with E-state index in [1.54, 1.807) is 36.4 Å². The number of benzene rings is 2. The standard InChI is InChI=1S/C14H11NO4/c16-13-11(9-15-18)7-4-8-12(13)19-14(17)10-5-2-1-3-6-10/h1-8,16H,9H2. The number of aromatic hydroxyl groups is 1. The van der Waals surface area contributed by atoms with Gasteiger partial charge in [0.15, 0.2) is 11.5 Å². The first-order chi connectivity index (χ1) is 9.22. The molecule has 0 radical (unpaired) electrons. The predicted octanol–water partition coefficient (Wildman–Crippen LogP) is 2.88. The summed E-state index contributed by atoms with van der Waals surface area (Å²) < 4.78 is 5.09. The van der Waals surface area contributed by atoms with Gasteiger partial charge >= 0.3 is 5.97 Å². The zero-order valence-electron chi connectivity index (χ0n) is 9.95. The van der Waals surface area contributed by atoms with Crippen molar-refractivity contribution >= 4 is 5.97 Å². The van der Waals surface area contributed by atoms with Crippen LogP contribution in [-0.4, -0.2) is 11.1 Å². The topological polar surface area (TPSA) is 76.0 Å². The van der Waals surface area contributed by atoms with E-state index in [0.29, 0.717) is 11.1 Å². The Labute approximate surface area is 109 Å². The minimum Gasteiger partial charge on any atom is -0.504 e. The molecule has 0 aliphatic carbocycles. The molecule has 5 nitrogen and oxygen atoms in total. The molecule has 0 saturated heterocycles. The maximum absolute atomic E-state index is 11.8. The van der Waals surface area contributed by atoms with Crippen molar-refractivity contribution in [2.45, 2.75) is 6.54 Å². The van der Waals surface area contributed by atoms with Crippen molar-refractivity contribution in [2.75, 3.05) is 0 Å². The molecule has 19 heavy (non-hydrogen) atoms. The highest BCUT2D eigenvalue weighted by atomic mass is 16.5. The van der Waals surface area contributed by atoms with E-state index in [0.717, 1.165) is 0 Å². The van der Waals surface area contributed by atoms with Gasteiger partial charge in [0.1, 0.15) is 6.54 Å². The maximum Gasteiger partial charge on any atom is 0.343 e. The lowest BCUT2D eigenvalue weighted by Crippen LogP contribution is -2.08. The van der Waals surface area contributed by atoms with Crippen LogP contribution in [0.2, 0.25) is 0 Å². The number of carbonyl (C=O) groups is 1. The number of esters is 1. The molecule has 0 saturated carbocycles. The molecule has 0 unspecified atom stereocenters. The van der Waals surface area contributed by atoms with Crippen LogP contribution in [0.5, 0.6) is 11.5 Å². The summed E-state index contributed by atoms with van der Waals surface area (Å²) in [5.74, 6) is -0.812. The lowest BCUT2D eigenvalue weighted by Gasteiger charge is -2.08. The lowest BCUT2D eigenvalue weighted by atomic mass is 10.2. The van der Waals surface area contributed by atoms with Crippen molar-refractivity contribution in [1.82, 2.24) is 0 Å². The minimum absolute atomic E-state index is 0.00926. The van der Waals surface area contributed by atoms with E-state index in [-0.39, 0.29) is 18.0 Å². The third-order valence-corrected chi connectivity index (χ3v) is 2.53. The van der Waals surface area contributed by atoms with E-state index >= 15 is 0 Å². The van der Waals surface area contributed by atoms with Crippen molar-refractivity contribution in [2.24, 2.45) is 5.18 Å². The molecule has 0 aromatic heterocycles. The Morgan fingerprint density at radius 3 is 2.53 bits per heavy atom. The predicted molar refractivity (Wildman–Crippen MR) is 69.0 cm³/mol. The molecule has 0 aliphatic rings. The SMILES string of the molecule is O=NCc1cccc(OC(=O)c2ccccc2)c1O. The summed E-state index contributed by atoms with van der Waals surface area (Å²) in [7, 11) is 0. The van der Waals surface area contributed by atoms with Crippen LogP contribution >= 0.6 is 0 Å². The summed E-state index contributed by atoms with van der Waals surface area (Å²) in [6.07, 6.45) is 0. The van der Waals surface area contributed by atoms with Crippen LogP contribution in [0.1, 0.15) is 15.9 Å². The summed E-state index contributed by atoms with van der Waals surface area (Å²) in [5, 5.41) is 12.5. The van der Waals surface area contributed by atoms with Crippen LogP contribution < -0.4 is 4.74 Å². The first kappa shape index (κ1) is 12.8. The van der Waals surface area contributed by atoms with E-state index in [4.69, 9.17) is 4.74 Å². The maximum atomic E-state index is 11.8. The fourth-order valence-electron chi connectivity index (χ4n) is 1.58. The van der Waals surface area contributed by atoms with Crippen LogP contribution in [0.4, 0.5) is 0 Å². The monoisotopic (exact) mass is 257 g/mol. The summed E-state index contributed by atoms with van der Waals surface area (Å²) in [5.41, 5.74) is 0.689. The van der Waals surface area contributed by atoms with Gasteiger partial charge in [0.25, 0.3) is 0 Å². The molecule has 0 atom stereocenters. The summed E-state index contributed by atoms with van der Waals surface area (Å²) in [6.45, 7) is -0.178. The average molecular weight is 257 g/mol. The summed E-state index contributed by atoms with van der Waals surface area (Å²) in [4.78, 5) is 22.0. The van der Waals surface area contributed by atoms with Crippen molar-refractivity contribution in [3.05, 3.63) is 64.6 Å². The Bertz CT molecular complexity index is 596. The minimum atomic E-state index is -0.577. The number of rotatable bonds is 4. The highest BCUT2D eigenvalue weighted by molar-refractivity contribution is 5.91. The second-order valence-electron chi connectivity index (χ2n) is 3.81. The lowest BCUT2D eigenvalue weighted by molar-refractivity contribution is 0.0729. The smallest absolute Gasteiger partial charge is 0.343 e. The number of hydrogen-bond acceptors (Lipinski definition) is 5. The molecule has 5 heteroatoms. The number of para-hydroxylation sites is 1. The number of hydrogen-bond donors (Lipinski definition) is 1. The van der Waals surface area contributed by atoms with Crippen molar-refractivity contribution < 1.29 is 14.6 Å². The Morgan fingerprint density at radius 1 is 1.11 bits per heavy atom. The number of ether oxygens (including phenoxy) is 1. The van der Waals surface area contributed by atoms with Crippen LogP contribution in [0.3, 0.4) is 0 Å². The highest BCUT2D eigenvalue weighted by Crippen LogP contribution is 2.30. The Hall–Kier alpha value is -2.69. The van der Waals surface area contributed by atoms with Crippen molar-refractivity contribution in [1.29, 1.82) is 0 Å². The van der Waals surface area contributed by atoms with Crippen LogP contribution in [-0.2, 0) is 6.54 Å². The molecule has 0 aliphatic heterocycles. The van der Waals surface area contributed by atoms with Crippen LogP contribution in [0.15, 0.2) is 53.7 Å². The van der Waals surface area contributed by atoms with Gasteiger partial charge in [0, 0.05) is 5.56 Å². The summed E-state index contributed by atoms with van der Waals surface area (Å²) in [6, 6.07) is 13.0. The van der Waals surface area contributed by atoms with Gasteiger partial charge in [-0.05, 0) is 18.2 Å². The van der Waals surface area contributed by atoms with E-state index in [2.05, 4.69) is 5.18 Å². The molecule has 96 valence electrons. The second-order valence-corrected chi connectivity index (χ2v) is 3.81. The first-order valence-corrected chi connectivity index (χ1v) is 5.59. The molecule has 0 bridgehead atoms. The van der Waals surface area contributed by atoms with E-state index in [1.807, 2.05) is 0 Å². The zero-order chi connectivity index (χ0) is 13.7. The number of phenolic OH excluding ortho intramolecular Hbond substituents is 1. The first-order valence-electron chi connectivity index (χ1n) is 5.59. The molecule has 0 fully saturated rings. The van der Waals surface area contributed by atoms with E-state index < -0.39 is 5.97 Å². The van der Waals surface area contributed by atoms with Gasteiger partial charge in [0.05, 0.1) is 5.56 Å². The quantitative estimate of drug-likeness (QED) is 0.519. The fraction of sp³-hybridized carbons (Fsp3) is 0.0714. The highest BCUT2D eigenvalue weighted by Gasteiger charge is 2.13. The molecule has 0 spiro atoms. The normalized spacial score (nSPS) is 9.89. The molecule has 2 aromatic rings. The van der Waals surface area contributed by atoms with Gasteiger partial charge in [-0.3, -0.25) is 0 Å². The molecule has 0 heterocycles. The van der Waals surface area contributed by atoms with Gasteiger partial charge in [-0.25, -0.2) is 4.79 Å². The van der Waals surface area contributed by atoms with Gasteiger partial charge < -0.3 is 9.84 Å². The third kappa shape index (κ3) is 2.95. The van der Waals surface area contributed by atoms with Crippen molar-refractivity contribution in [3.8, 4) is 11.5 Å². The van der Waals surface area contributed by atoms with Crippen molar-refractivity contribution in [3.63, 3.8) is 0 Å². The van der Waals surface area contributed by atoms with Gasteiger partial charge in [-0.15, -0.1) is 0 Å². The van der Waals surface area contributed by atoms with Crippen LogP contribution in [0, 0.1) is 4.91 Å². The van der Waals surface area contributed by atoms with Gasteiger partial charge in [-0.2, -0.15) is 4.91 Å². The largest absolute Gasteiger partial charge is 0.504 e. The fourth-order valence-corrected chi connectivity index (χ4v) is 1.58. The third-order valence-electron chi connectivity index (χ3n) is 2.53. The molecular formula is C14H11NO4. The number of nitrogens with zero attached hydrogens (tertiary/aromatic N) is 1. The van der Waals surface area contributed by atoms with E-state index in [1.165, 1.54) is 12.1 Å². The number of carbonyl (C=O) groups excluding carboxylic acids is 1. The molecular weight excluding hydrogens is 246 g/mol.